The van der Waals surface area contributed by atoms with Gasteiger partial charge in [0.25, 0.3) is 0 Å². The Morgan fingerprint density at radius 1 is 1.47 bits per heavy atom. The van der Waals surface area contributed by atoms with Crippen LogP contribution >= 0.6 is 15.9 Å². The summed E-state index contributed by atoms with van der Waals surface area (Å²) in [5.74, 6) is 0. The molecular weight excluding hydrogens is 284 g/mol. The summed E-state index contributed by atoms with van der Waals surface area (Å²) in [7, 11) is 1.59. The Morgan fingerprint density at radius 3 is 2.94 bits per heavy atom. The minimum Gasteiger partial charge on any atom is -0.383 e. The van der Waals surface area contributed by atoms with E-state index in [2.05, 4.69) is 26.6 Å². The molecule has 92 valence electrons. The zero-order valence-corrected chi connectivity index (χ0v) is 11.2. The number of urea groups is 1. The second-order valence-corrected chi connectivity index (χ2v) is 4.10. The molecule has 0 fully saturated rings. The van der Waals surface area contributed by atoms with Crippen molar-refractivity contribution >= 4 is 28.0 Å². The SMILES string of the molecule is COCCNC(=O)N/C=C/c1ccccc1Br. The quantitative estimate of drug-likeness (QED) is 0.820. The highest BCUT2D eigenvalue weighted by Gasteiger charge is 1.96. The first kappa shape index (κ1) is 13.7. The van der Waals surface area contributed by atoms with Gasteiger partial charge in [0.1, 0.15) is 0 Å². The van der Waals surface area contributed by atoms with Gasteiger partial charge in [-0.25, -0.2) is 4.79 Å². The van der Waals surface area contributed by atoms with E-state index in [1.807, 2.05) is 30.3 Å². The van der Waals surface area contributed by atoms with Crippen molar-refractivity contribution in [3.8, 4) is 0 Å². The van der Waals surface area contributed by atoms with Crippen LogP contribution < -0.4 is 10.6 Å². The van der Waals surface area contributed by atoms with Gasteiger partial charge in [0.05, 0.1) is 6.61 Å². The molecule has 2 amide bonds. The van der Waals surface area contributed by atoms with Crippen LogP contribution in [0.2, 0.25) is 0 Å². The van der Waals surface area contributed by atoms with Gasteiger partial charge in [0.2, 0.25) is 0 Å². The summed E-state index contributed by atoms with van der Waals surface area (Å²) < 4.78 is 5.80. The lowest BCUT2D eigenvalue weighted by Gasteiger charge is -2.03. The third-order valence-corrected chi connectivity index (χ3v) is 2.70. The normalized spacial score (nSPS) is 10.5. The smallest absolute Gasteiger partial charge is 0.318 e. The summed E-state index contributed by atoms with van der Waals surface area (Å²) in [6.07, 6.45) is 3.42. The molecule has 0 radical (unpaired) electrons. The van der Waals surface area contributed by atoms with E-state index in [0.717, 1.165) is 10.0 Å². The van der Waals surface area contributed by atoms with Gasteiger partial charge in [-0.1, -0.05) is 34.1 Å². The molecule has 0 unspecified atom stereocenters. The maximum absolute atomic E-state index is 11.3. The number of nitrogens with one attached hydrogen (secondary N) is 2. The molecule has 0 saturated carbocycles. The van der Waals surface area contributed by atoms with Crippen LogP contribution in [0.4, 0.5) is 4.79 Å². The summed E-state index contributed by atoms with van der Waals surface area (Å²) in [5, 5.41) is 5.26. The molecule has 4 nitrogen and oxygen atoms in total. The fourth-order valence-corrected chi connectivity index (χ4v) is 1.55. The highest BCUT2D eigenvalue weighted by atomic mass is 79.9. The second kappa shape index (κ2) is 7.86. The molecule has 0 heterocycles. The van der Waals surface area contributed by atoms with Gasteiger partial charge in [0.15, 0.2) is 0 Å². The zero-order valence-electron chi connectivity index (χ0n) is 9.57. The van der Waals surface area contributed by atoms with Crippen LogP contribution in [0.25, 0.3) is 6.08 Å². The first-order valence-electron chi connectivity index (χ1n) is 5.18. The van der Waals surface area contributed by atoms with Crippen molar-refractivity contribution in [3.05, 3.63) is 40.5 Å². The standard InChI is InChI=1S/C12H15BrN2O2/c1-17-9-8-15-12(16)14-7-6-10-4-2-3-5-11(10)13/h2-7H,8-9H2,1H3,(H2,14,15,16)/b7-6+. The Balaban J connectivity index is 2.35. The average molecular weight is 299 g/mol. The molecule has 1 aromatic rings. The fraction of sp³-hybridized carbons (Fsp3) is 0.250. The van der Waals surface area contributed by atoms with Gasteiger partial charge in [-0.3, -0.25) is 0 Å². The largest absolute Gasteiger partial charge is 0.383 e. The van der Waals surface area contributed by atoms with Crippen LogP contribution in [-0.2, 0) is 4.74 Å². The fourth-order valence-electron chi connectivity index (χ4n) is 1.14. The lowest BCUT2D eigenvalue weighted by molar-refractivity contribution is 0.196. The first-order valence-corrected chi connectivity index (χ1v) is 5.97. The molecule has 0 aliphatic carbocycles. The number of ether oxygens (including phenoxy) is 1. The molecule has 0 aliphatic rings. The van der Waals surface area contributed by atoms with Crippen molar-refractivity contribution in [2.24, 2.45) is 0 Å². The number of hydrogen-bond donors (Lipinski definition) is 2. The summed E-state index contributed by atoms with van der Waals surface area (Å²) in [6.45, 7) is 0.993. The lowest BCUT2D eigenvalue weighted by atomic mass is 10.2. The highest BCUT2D eigenvalue weighted by Crippen LogP contribution is 2.16. The van der Waals surface area contributed by atoms with Crippen molar-refractivity contribution in [3.63, 3.8) is 0 Å². The minimum atomic E-state index is -0.245. The minimum absolute atomic E-state index is 0.245. The number of carbonyl (C=O) groups is 1. The van der Waals surface area contributed by atoms with Crippen molar-refractivity contribution in [1.82, 2.24) is 10.6 Å². The van der Waals surface area contributed by atoms with Crippen molar-refractivity contribution in [2.75, 3.05) is 20.3 Å². The maximum Gasteiger partial charge on any atom is 0.318 e. The molecule has 1 aromatic carbocycles. The predicted octanol–water partition coefficient (Wildman–Crippen LogP) is 2.37. The van der Waals surface area contributed by atoms with Crippen LogP contribution in [0.3, 0.4) is 0 Å². The number of rotatable bonds is 5. The predicted molar refractivity (Wildman–Crippen MR) is 71.6 cm³/mol. The van der Waals surface area contributed by atoms with Crippen molar-refractivity contribution < 1.29 is 9.53 Å². The number of benzene rings is 1. The van der Waals surface area contributed by atoms with E-state index in [1.54, 1.807) is 13.3 Å². The molecule has 5 heteroatoms. The molecule has 0 aliphatic heterocycles. The molecule has 0 aromatic heterocycles. The van der Waals surface area contributed by atoms with E-state index in [-0.39, 0.29) is 6.03 Å². The van der Waals surface area contributed by atoms with Crippen LogP contribution in [0.1, 0.15) is 5.56 Å². The number of carbonyl (C=O) groups excluding carboxylic acids is 1. The average Bonchev–Trinajstić information content (AvgIpc) is 2.32. The summed E-state index contributed by atoms with van der Waals surface area (Å²) >= 11 is 3.42. The van der Waals surface area contributed by atoms with Gasteiger partial charge in [-0.15, -0.1) is 0 Å². The first-order chi connectivity index (χ1) is 8.24. The molecule has 0 bridgehead atoms. The third-order valence-electron chi connectivity index (χ3n) is 1.97. The Morgan fingerprint density at radius 2 is 2.24 bits per heavy atom. The summed E-state index contributed by atoms with van der Waals surface area (Å²) in [6, 6.07) is 7.52. The van der Waals surface area contributed by atoms with E-state index >= 15 is 0 Å². The van der Waals surface area contributed by atoms with Gasteiger partial charge in [-0.05, 0) is 17.7 Å². The maximum atomic E-state index is 11.3. The molecule has 0 atom stereocenters. The molecule has 0 spiro atoms. The van der Waals surface area contributed by atoms with E-state index in [4.69, 9.17) is 4.74 Å². The van der Waals surface area contributed by atoms with E-state index < -0.39 is 0 Å². The van der Waals surface area contributed by atoms with E-state index in [0.29, 0.717) is 13.2 Å². The van der Waals surface area contributed by atoms with E-state index in [9.17, 15) is 4.79 Å². The van der Waals surface area contributed by atoms with E-state index in [1.165, 1.54) is 0 Å². The van der Waals surface area contributed by atoms with Crippen LogP contribution in [0.15, 0.2) is 34.9 Å². The molecule has 17 heavy (non-hydrogen) atoms. The van der Waals surface area contributed by atoms with Gasteiger partial charge < -0.3 is 15.4 Å². The number of methoxy groups -OCH3 is 1. The van der Waals surface area contributed by atoms with Gasteiger partial charge >= 0.3 is 6.03 Å². The van der Waals surface area contributed by atoms with Crippen LogP contribution in [0.5, 0.6) is 0 Å². The Hall–Kier alpha value is -1.33. The third kappa shape index (κ3) is 5.51. The molecule has 2 N–H and O–H groups in total. The Kier molecular flexibility index (Phi) is 6.35. The molecular formula is C12H15BrN2O2. The van der Waals surface area contributed by atoms with Crippen LogP contribution in [0, 0.1) is 0 Å². The van der Waals surface area contributed by atoms with Gasteiger partial charge in [-0.2, -0.15) is 0 Å². The number of halogens is 1. The molecule has 0 saturated heterocycles. The number of hydrogen-bond acceptors (Lipinski definition) is 2. The van der Waals surface area contributed by atoms with Crippen molar-refractivity contribution in [2.45, 2.75) is 0 Å². The van der Waals surface area contributed by atoms with Gasteiger partial charge in [0, 0.05) is 24.3 Å². The summed E-state index contributed by atoms with van der Waals surface area (Å²) in [5.41, 5.74) is 1.00. The summed E-state index contributed by atoms with van der Waals surface area (Å²) in [4.78, 5) is 11.3. The molecule has 1 rings (SSSR count). The Labute approximate surface area is 109 Å². The monoisotopic (exact) mass is 298 g/mol. The second-order valence-electron chi connectivity index (χ2n) is 3.25. The topological polar surface area (TPSA) is 50.4 Å². The van der Waals surface area contributed by atoms with Crippen molar-refractivity contribution in [1.29, 1.82) is 0 Å². The Bertz CT molecular complexity index is 394. The lowest BCUT2D eigenvalue weighted by Crippen LogP contribution is -2.34. The highest BCUT2D eigenvalue weighted by molar-refractivity contribution is 9.10. The number of amides is 2. The van der Waals surface area contributed by atoms with Crippen LogP contribution in [-0.4, -0.2) is 26.3 Å². The zero-order chi connectivity index (χ0) is 12.5.